The number of carbonyl (C=O) groups is 3. The predicted octanol–water partition coefficient (Wildman–Crippen LogP) is 3.41. The fourth-order valence-electron chi connectivity index (χ4n) is 4.43. The number of hydrogen-bond donors (Lipinski definition) is 1. The maximum absolute atomic E-state index is 13.2. The van der Waals surface area contributed by atoms with Gasteiger partial charge in [-0.25, -0.2) is 0 Å². The van der Waals surface area contributed by atoms with Gasteiger partial charge >= 0.3 is 0 Å². The van der Waals surface area contributed by atoms with Gasteiger partial charge in [-0.3, -0.25) is 14.4 Å². The Morgan fingerprint density at radius 1 is 1.14 bits per heavy atom. The van der Waals surface area contributed by atoms with Gasteiger partial charge in [0.1, 0.15) is 6.04 Å². The van der Waals surface area contributed by atoms with Crippen molar-refractivity contribution in [3.05, 3.63) is 28.8 Å². The summed E-state index contributed by atoms with van der Waals surface area (Å²) in [4.78, 5) is 41.2. The minimum absolute atomic E-state index is 0.110. The molecule has 152 valence electrons. The number of amides is 3. The summed E-state index contributed by atoms with van der Waals surface area (Å²) < 4.78 is 0. The molecule has 0 unspecified atom stereocenters. The summed E-state index contributed by atoms with van der Waals surface area (Å²) in [6.07, 6.45) is 2.53. The van der Waals surface area contributed by atoms with Gasteiger partial charge < -0.3 is 15.1 Å². The van der Waals surface area contributed by atoms with E-state index in [1.54, 1.807) is 23.1 Å². The van der Waals surface area contributed by atoms with Crippen LogP contribution in [0.4, 0.5) is 5.69 Å². The van der Waals surface area contributed by atoms with Crippen molar-refractivity contribution in [2.24, 2.45) is 11.8 Å². The van der Waals surface area contributed by atoms with E-state index in [4.69, 9.17) is 11.6 Å². The van der Waals surface area contributed by atoms with E-state index in [0.29, 0.717) is 54.2 Å². The number of carbonyl (C=O) groups excluding carboxylic acids is 3. The van der Waals surface area contributed by atoms with Gasteiger partial charge in [-0.1, -0.05) is 25.4 Å². The smallest absolute Gasteiger partial charge is 0.256 e. The molecule has 0 spiro atoms. The Kier molecular flexibility index (Phi) is 6.28. The topological polar surface area (TPSA) is 69.7 Å². The van der Waals surface area contributed by atoms with Gasteiger partial charge in [0.15, 0.2) is 0 Å². The quantitative estimate of drug-likeness (QED) is 0.837. The van der Waals surface area contributed by atoms with E-state index >= 15 is 0 Å². The second-order valence-corrected chi connectivity index (χ2v) is 8.64. The summed E-state index contributed by atoms with van der Waals surface area (Å²) >= 11 is 6.15. The Bertz CT molecular complexity index is 772. The lowest BCUT2D eigenvalue weighted by Crippen LogP contribution is -2.44. The molecule has 1 N–H and O–H groups in total. The molecule has 3 atom stereocenters. The summed E-state index contributed by atoms with van der Waals surface area (Å²) in [5.41, 5.74) is 0.843. The molecule has 0 aliphatic carbocycles. The molecule has 0 saturated carbocycles. The van der Waals surface area contributed by atoms with Crippen LogP contribution in [-0.4, -0.2) is 53.2 Å². The molecule has 7 heteroatoms. The highest BCUT2D eigenvalue weighted by molar-refractivity contribution is 6.31. The zero-order valence-electron chi connectivity index (χ0n) is 16.7. The molecule has 2 aliphatic rings. The summed E-state index contributed by atoms with van der Waals surface area (Å²) in [7, 11) is 0. The van der Waals surface area contributed by atoms with Crippen LogP contribution in [-0.2, 0) is 9.59 Å². The first-order valence-electron chi connectivity index (χ1n) is 9.93. The van der Waals surface area contributed by atoms with E-state index in [1.807, 2.05) is 4.90 Å². The molecule has 2 saturated heterocycles. The highest BCUT2D eigenvalue weighted by atomic mass is 35.5. The molecule has 2 fully saturated rings. The second kappa shape index (κ2) is 8.52. The summed E-state index contributed by atoms with van der Waals surface area (Å²) in [5.74, 6) is 0.386. The Labute approximate surface area is 171 Å². The number of nitrogens with zero attached hydrogens (tertiary/aromatic N) is 2. The molecule has 0 aromatic heterocycles. The molecule has 2 heterocycles. The molecule has 0 bridgehead atoms. The van der Waals surface area contributed by atoms with Gasteiger partial charge in [0.05, 0.1) is 11.3 Å². The average Bonchev–Trinajstić information content (AvgIpc) is 3.12. The largest absolute Gasteiger partial charge is 0.338 e. The number of benzene rings is 1. The minimum atomic E-state index is -0.494. The lowest BCUT2D eigenvalue weighted by Gasteiger charge is -2.35. The molecule has 0 radical (unpaired) electrons. The third-order valence-corrected chi connectivity index (χ3v) is 5.82. The van der Waals surface area contributed by atoms with Crippen molar-refractivity contribution >= 4 is 35.0 Å². The first-order chi connectivity index (χ1) is 13.3. The van der Waals surface area contributed by atoms with E-state index in [2.05, 4.69) is 19.2 Å². The number of hydrogen-bond acceptors (Lipinski definition) is 3. The van der Waals surface area contributed by atoms with Crippen molar-refractivity contribution in [3.63, 3.8) is 0 Å². The fourth-order valence-corrected chi connectivity index (χ4v) is 4.61. The summed E-state index contributed by atoms with van der Waals surface area (Å²) in [6.45, 7) is 7.75. The van der Waals surface area contributed by atoms with Crippen LogP contribution < -0.4 is 5.32 Å². The first kappa shape index (κ1) is 20.6. The van der Waals surface area contributed by atoms with Gasteiger partial charge in [0, 0.05) is 31.6 Å². The lowest BCUT2D eigenvalue weighted by molar-refractivity contribution is -0.134. The van der Waals surface area contributed by atoms with Gasteiger partial charge in [0.2, 0.25) is 11.8 Å². The van der Waals surface area contributed by atoms with Crippen LogP contribution in [0.5, 0.6) is 0 Å². The number of rotatable bonds is 3. The molecule has 1 aromatic carbocycles. The number of anilines is 1. The zero-order chi connectivity index (χ0) is 20.4. The second-order valence-electron chi connectivity index (χ2n) is 8.21. The fraction of sp³-hybridized carbons (Fsp3) is 0.571. The monoisotopic (exact) mass is 405 g/mol. The third kappa shape index (κ3) is 4.49. The van der Waals surface area contributed by atoms with E-state index < -0.39 is 6.04 Å². The molecular weight excluding hydrogens is 378 g/mol. The van der Waals surface area contributed by atoms with Crippen molar-refractivity contribution < 1.29 is 14.4 Å². The summed E-state index contributed by atoms with van der Waals surface area (Å²) in [5, 5.41) is 3.32. The number of likely N-dealkylation sites (tertiary alicyclic amines) is 2. The van der Waals surface area contributed by atoms with E-state index in [-0.39, 0.29) is 17.7 Å². The molecule has 1 aromatic rings. The maximum Gasteiger partial charge on any atom is 0.256 e. The molecule has 6 nitrogen and oxygen atoms in total. The highest BCUT2D eigenvalue weighted by Crippen LogP contribution is 2.28. The van der Waals surface area contributed by atoms with Crippen molar-refractivity contribution in [2.75, 3.05) is 25.0 Å². The van der Waals surface area contributed by atoms with Crippen LogP contribution in [0.25, 0.3) is 0 Å². The molecular formula is C21H28ClN3O3. The van der Waals surface area contributed by atoms with Crippen molar-refractivity contribution in [1.82, 2.24) is 9.80 Å². The van der Waals surface area contributed by atoms with Gasteiger partial charge in [0.25, 0.3) is 5.91 Å². The number of piperidine rings is 1. The molecule has 2 aliphatic heterocycles. The van der Waals surface area contributed by atoms with E-state index in [9.17, 15) is 14.4 Å². The van der Waals surface area contributed by atoms with E-state index in [1.165, 1.54) is 6.92 Å². The Morgan fingerprint density at radius 3 is 2.46 bits per heavy atom. The van der Waals surface area contributed by atoms with Crippen molar-refractivity contribution in [1.29, 1.82) is 0 Å². The molecule has 3 rings (SSSR count). The zero-order valence-corrected chi connectivity index (χ0v) is 17.5. The van der Waals surface area contributed by atoms with E-state index in [0.717, 1.165) is 12.8 Å². The highest BCUT2D eigenvalue weighted by Gasteiger charge is 2.33. The number of nitrogens with one attached hydrogen (secondary N) is 1. The Hall–Kier alpha value is -2.08. The van der Waals surface area contributed by atoms with Crippen LogP contribution in [0.2, 0.25) is 5.02 Å². The van der Waals surface area contributed by atoms with Gasteiger partial charge in [-0.15, -0.1) is 0 Å². The lowest BCUT2D eigenvalue weighted by atomic mass is 9.91. The van der Waals surface area contributed by atoms with Crippen molar-refractivity contribution in [3.8, 4) is 0 Å². The van der Waals surface area contributed by atoms with Crippen LogP contribution in [0.3, 0.4) is 0 Å². The Balaban J connectivity index is 1.82. The van der Waals surface area contributed by atoms with Gasteiger partial charge in [-0.2, -0.15) is 0 Å². The first-order valence-corrected chi connectivity index (χ1v) is 10.3. The standard InChI is InChI=1S/C21H28ClN3O3/c1-13-9-14(2)12-24(11-13)21(28)17-10-16(22)6-7-18(17)23-20(27)19-5-4-8-25(19)15(3)26/h6-7,10,13-14,19H,4-5,8-9,11-12H2,1-3H3,(H,23,27)/t13-,14+,19-/m0/s1. The normalized spacial score (nSPS) is 24.9. The Morgan fingerprint density at radius 2 is 1.82 bits per heavy atom. The number of halogens is 1. The summed E-state index contributed by atoms with van der Waals surface area (Å²) in [6, 6.07) is 4.44. The minimum Gasteiger partial charge on any atom is -0.338 e. The molecule has 28 heavy (non-hydrogen) atoms. The predicted molar refractivity (Wildman–Crippen MR) is 109 cm³/mol. The van der Waals surface area contributed by atoms with Crippen LogP contribution in [0.1, 0.15) is 50.4 Å². The van der Waals surface area contributed by atoms with Crippen molar-refractivity contribution in [2.45, 2.75) is 46.1 Å². The van der Waals surface area contributed by atoms with Gasteiger partial charge in [-0.05, 0) is 49.3 Å². The van der Waals surface area contributed by atoms with Crippen LogP contribution in [0, 0.1) is 11.8 Å². The van der Waals surface area contributed by atoms with Crippen LogP contribution >= 0.6 is 11.6 Å². The third-order valence-electron chi connectivity index (χ3n) is 5.59. The maximum atomic E-state index is 13.2. The average molecular weight is 406 g/mol. The molecule has 3 amide bonds. The SMILES string of the molecule is CC(=O)N1CCC[C@H]1C(=O)Nc1ccc(Cl)cc1C(=O)N1C[C@H](C)C[C@H](C)C1. The van der Waals surface area contributed by atoms with Crippen LogP contribution in [0.15, 0.2) is 18.2 Å².